The van der Waals surface area contributed by atoms with Gasteiger partial charge in [-0.15, -0.1) is 0 Å². The third-order valence-electron chi connectivity index (χ3n) is 6.41. The highest BCUT2D eigenvalue weighted by Gasteiger charge is 2.34. The Kier molecular flexibility index (Phi) is 21.5. The Bertz CT molecular complexity index is 353. The number of ether oxygens (including phenoxy) is 2. The SMILES string of the molecule is CCCCCCCCCCCCCC(CCCCN)(CC(O)OCC)CC(O)OCC. The highest BCUT2D eigenvalue weighted by molar-refractivity contribution is 4.82. The van der Waals surface area contributed by atoms with Crippen molar-refractivity contribution in [1.29, 1.82) is 0 Å². The topological polar surface area (TPSA) is 84.9 Å². The van der Waals surface area contributed by atoms with E-state index in [2.05, 4.69) is 6.92 Å². The smallest absolute Gasteiger partial charge is 0.155 e. The second kappa shape index (κ2) is 21.6. The minimum Gasteiger partial charge on any atom is -0.368 e. The molecule has 5 heteroatoms. The number of unbranched alkanes of at least 4 members (excludes halogenated alkanes) is 11. The van der Waals surface area contributed by atoms with Gasteiger partial charge in [0.15, 0.2) is 12.6 Å². The summed E-state index contributed by atoms with van der Waals surface area (Å²) in [5.41, 5.74) is 5.55. The quantitative estimate of drug-likeness (QED) is 0.120. The Morgan fingerprint density at radius 3 is 1.39 bits per heavy atom. The van der Waals surface area contributed by atoms with Gasteiger partial charge in [0.25, 0.3) is 0 Å². The summed E-state index contributed by atoms with van der Waals surface area (Å²) in [7, 11) is 0. The van der Waals surface area contributed by atoms with Crippen molar-refractivity contribution >= 4 is 0 Å². The summed E-state index contributed by atoms with van der Waals surface area (Å²) in [6.07, 6.45) is 17.9. The van der Waals surface area contributed by atoms with E-state index in [1.807, 2.05) is 13.8 Å². The molecular weight excluding hydrogens is 390 g/mol. The lowest BCUT2D eigenvalue weighted by Gasteiger charge is -2.37. The predicted molar refractivity (Wildman–Crippen MR) is 131 cm³/mol. The van der Waals surface area contributed by atoms with E-state index < -0.39 is 12.6 Å². The van der Waals surface area contributed by atoms with E-state index in [4.69, 9.17) is 15.2 Å². The molecule has 188 valence electrons. The van der Waals surface area contributed by atoms with Crippen molar-refractivity contribution in [3.8, 4) is 0 Å². The van der Waals surface area contributed by atoms with Crippen molar-refractivity contribution < 1.29 is 19.7 Å². The highest BCUT2D eigenvalue weighted by atomic mass is 16.6. The monoisotopic (exact) mass is 445 g/mol. The summed E-state index contributed by atoms with van der Waals surface area (Å²) in [4.78, 5) is 0. The van der Waals surface area contributed by atoms with Gasteiger partial charge >= 0.3 is 0 Å². The van der Waals surface area contributed by atoms with Crippen molar-refractivity contribution in [2.24, 2.45) is 11.1 Å². The number of aliphatic hydroxyl groups is 2. The van der Waals surface area contributed by atoms with Crippen LogP contribution in [0.4, 0.5) is 0 Å². The number of nitrogens with two attached hydrogens (primary N) is 1. The fourth-order valence-electron chi connectivity index (χ4n) is 4.67. The fraction of sp³-hybridized carbons (Fsp3) is 1.00. The molecule has 4 N–H and O–H groups in total. The highest BCUT2D eigenvalue weighted by Crippen LogP contribution is 2.41. The molecule has 0 saturated heterocycles. The van der Waals surface area contributed by atoms with Gasteiger partial charge in [0, 0.05) is 26.1 Å². The van der Waals surface area contributed by atoms with Gasteiger partial charge in [0.1, 0.15) is 0 Å². The maximum absolute atomic E-state index is 10.4. The van der Waals surface area contributed by atoms with Gasteiger partial charge in [0.2, 0.25) is 0 Å². The first kappa shape index (κ1) is 30.8. The van der Waals surface area contributed by atoms with Crippen molar-refractivity contribution in [2.45, 2.75) is 143 Å². The molecule has 0 heterocycles. The molecule has 5 nitrogen and oxygen atoms in total. The molecule has 2 atom stereocenters. The van der Waals surface area contributed by atoms with Crippen LogP contribution in [0.1, 0.15) is 130 Å². The van der Waals surface area contributed by atoms with Crippen molar-refractivity contribution in [3.63, 3.8) is 0 Å². The minimum atomic E-state index is -0.788. The molecule has 0 aromatic rings. The van der Waals surface area contributed by atoms with Crippen molar-refractivity contribution in [1.82, 2.24) is 0 Å². The molecule has 0 radical (unpaired) electrons. The van der Waals surface area contributed by atoms with E-state index >= 15 is 0 Å². The Labute approximate surface area is 193 Å². The summed E-state index contributed by atoms with van der Waals surface area (Å²) in [6, 6.07) is 0. The van der Waals surface area contributed by atoms with Crippen LogP contribution < -0.4 is 5.73 Å². The largest absolute Gasteiger partial charge is 0.368 e. The van der Waals surface area contributed by atoms with Gasteiger partial charge in [-0.3, -0.25) is 0 Å². The third kappa shape index (κ3) is 18.0. The van der Waals surface area contributed by atoms with Gasteiger partial charge in [-0.05, 0) is 45.1 Å². The maximum atomic E-state index is 10.4. The summed E-state index contributed by atoms with van der Waals surface area (Å²) < 4.78 is 10.9. The van der Waals surface area contributed by atoms with Crippen LogP contribution in [0.5, 0.6) is 0 Å². The van der Waals surface area contributed by atoms with Crippen LogP contribution in [-0.2, 0) is 9.47 Å². The molecule has 0 bridgehead atoms. The van der Waals surface area contributed by atoms with Crippen molar-refractivity contribution in [3.05, 3.63) is 0 Å². The first-order valence-corrected chi connectivity index (χ1v) is 13.3. The molecule has 0 rings (SSSR count). The van der Waals surface area contributed by atoms with Crippen LogP contribution in [-0.4, -0.2) is 42.6 Å². The van der Waals surface area contributed by atoms with Crippen LogP contribution in [0.3, 0.4) is 0 Å². The number of hydrogen-bond donors (Lipinski definition) is 3. The number of rotatable bonds is 24. The second-order valence-electron chi connectivity index (χ2n) is 9.26. The Morgan fingerprint density at radius 1 is 0.613 bits per heavy atom. The lowest BCUT2D eigenvalue weighted by atomic mass is 9.72. The molecule has 0 aromatic heterocycles. The number of hydrogen-bond acceptors (Lipinski definition) is 5. The molecule has 0 amide bonds. The van der Waals surface area contributed by atoms with Gasteiger partial charge in [-0.25, -0.2) is 0 Å². The van der Waals surface area contributed by atoms with Gasteiger partial charge in [-0.2, -0.15) is 0 Å². The van der Waals surface area contributed by atoms with Gasteiger partial charge < -0.3 is 25.4 Å². The van der Waals surface area contributed by atoms with E-state index in [0.717, 1.165) is 32.1 Å². The molecule has 0 aliphatic heterocycles. The van der Waals surface area contributed by atoms with Gasteiger partial charge in [-0.1, -0.05) is 84.0 Å². The fourth-order valence-corrected chi connectivity index (χ4v) is 4.67. The van der Waals surface area contributed by atoms with Crippen LogP contribution >= 0.6 is 0 Å². The maximum Gasteiger partial charge on any atom is 0.155 e. The molecule has 31 heavy (non-hydrogen) atoms. The van der Waals surface area contributed by atoms with E-state index in [-0.39, 0.29) is 5.41 Å². The normalized spacial score (nSPS) is 15.7. The molecule has 0 aromatic carbocycles. The second-order valence-corrected chi connectivity index (χ2v) is 9.26. The van der Waals surface area contributed by atoms with E-state index in [9.17, 15) is 10.2 Å². The van der Waals surface area contributed by atoms with Crippen LogP contribution in [0, 0.1) is 5.41 Å². The molecule has 0 saturated carbocycles. The Balaban J connectivity index is 4.53. The summed E-state index contributed by atoms with van der Waals surface area (Å²) in [6.45, 7) is 7.73. The van der Waals surface area contributed by atoms with E-state index in [1.165, 1.54) is 64.2 Å². The Morgan fingerprint density at radius 2 is 1.00 bits per heavy atom. The molecule has 0 fully saturated rings. The molecule has 2 unspecified atom stereocenters. The first-order chi connectivity index (χ1) is 15.0. The molecule has 0 aliphatic carbocycles. The van der Waals surface area contributed by atoms with Crippen LogP contribution in [0.25, 0.3) is 0 Å². The van der Waals surface area contributed by atoms with Crippen molar-refractivity contribution in [2.75, 3.05) is 19.8 Å². The zero-order valence-electron chi connectivity index (χ0n) is 21.1. The average molecular weight is 446 g/mol. The molecule has 0 aliphatic rings. The minimum absolute atomic E-state index is 0.169. The lowest BCUT2D eigenvalue weighted by molar-refractivity contribution is -0.153. The van der Waals surface area contributed by atoms with Crippen LogP contribution in [0.15, 0.2) is 0 Å². The standard InChI is InChI=1S/C26H55NO4/c1-4-7-8-9-10-11-12-13-14-15-16-19-26(20-17-18-21-27,22-24(28)30-5-2)23-25(29)31-6-3/h24-25,28-29H,4-23,27H2,1-3H3. The van der Waals surface area contributed by atoms with E-state index in [0.29, 0.717) is 32.6 Å². The van der Waals surface area contributed by atoms with Gasteiger partial charge in [0.05, 0.1) is 0 Å². The first-order valence-electron chi connectivity index (χ1n) is 13.3. The lowest BCUT2D eigenvalue weighted by Crippen LogP contribution is -2.33. The molecular formula is C26H55NO4. The zero-order chi connectivity index (χ0) is 23.2. The molecule has 0 spiro atoms. The third-order valence-corrected chi connectivity index (χ3v) is 6.41. The summed E-state index contributed by atoms with van der Waals surface area (Å²) >= 11 is 0. The average Bonchev–Trinajstić information content (AvgIpc) is 2.72. The summed E-state index contributed by atoms with van der Waals surface area (Å²) in [5.74, 6) is 0. The predicted octanol–water partition coefficient (Wildman–Crippen LogP) is 6.29. The zero-order valence-corrected chi connectivity index (χ0v) is 21.1. The number of aliphatic hydroxyl groups excluding tert-OH is 2. The van der Waals surface area contributed by atoms with E-state index in [1.54, 1.807) is 0 Å². The Hall–Kier alpha value is -0.200. The summed E-state index contributed by atoms with van der Waals surface area (Å²) in [5, 5.41) is 20.8. The van der Waals surface area contributed by atoms with Crippen LogP contribution in [0.2, 0.25) is 0 Å².